The quantitative estimate of drug-likeness (QED) is 0.00553. The second-order valence-corrected chi connectivity index (χ2v) is 29.5. The minimum Gasteiger partial charge on any atom is -0.850 e. The Kier molecular flexibility index (Phi) is 40.1. The van der Waals surface area contributed by atoms with Gasteiger partial charge in [-0.15, -0.1) is 5.60 Å². The Morgan fingerprint density at radius 2 is 0.822 bits per heavy atom. The van der Waals surface area contributed by atoms with Crippen molar-refractivity contribution in [2.45, 2.75) is 26.4 Å². The molecule has 7 heterocycles. The monoisotopic (exact) mass is 1920 g/mol. The van der Waals surface area contributed by atoms with Crippen molar-refractivity contribution in [3.63, 3.8) is 0 Å². The Labute approximate surface area is 837 Å². The molecule has 21 N–H and O–H groups in total. The van der Waals surface area contributed by atoms with Crippen LogP contribution in [0.4, 0.5) is 28.4 Å². The number of benzene rings is 10. The Hall–Kier alpha value is -16.4. The van der Waals surface area contributed by atoms with Crippen LogP contribution >= 0.6 is 11.6 Å². The van der Waals surface area contributed by atoms with E-state index in [4.69, 9.17) is 108 Å². The van der Waals surface area contributed by atoms with Gasteiger partial charge in [0.15, 0.2) is 11.7 Å². The van der Waals surface area contributed by atoms with E-state index in [0.29, 0.717) is 95.7 Å². The molecule has 36 heteroatoms. The van der Waals surface area contributed by atoms with Crippen molar-refractivity contribution in [2.75, 3.05) is 11.5 Å². The van der Waals surface area contributed by atoms with Gasteiger partial charge < -0.3 is 82.3 Å². The molecule has 0 spiro atoms. The molecule has 0 atom stereocenters. The number of halogens is 1. The first-order chi connectivity index (χ1) is 63.5. The molecule has 135 heavy (non-hydrogen) atoms. The van der Waals surface area contributed by atoms with Gasteiger partial charge in [0, 0.05) is 112 Å². The number of hydrogen-bond acceptors (Lipinski definition) is 22. The average Bonchev–Trinajstić information content (AvgIpc) is 1.68. The number of aromatic nitrogens is 10. The van der Waals surface area contributed by atoms with E-state index in [2.05, 4.69) is 86.8 Å². The minimum atomic E-state index is -1.50. The maximum atomic E-state index is 10.6. The van der Waals surface area contributed by atoms with Gasteiger partial charge in [-0.25, -0.2) is 29.5 Å². The van der Waals surface area contributed by atoms with Crippen molar-refractivity contribution in [3.05, 3.63) is 383 Å². The second-order valence-electron chi connectivity index (χ2n) is 29.1. The summed E-state index contributed by atoms with van der Waals surface area (Å²) in [7, 11) is -1.50. The molecule has 0 fully saturated rings. The fourth-order valence-corrected chi connectivity index (χ4v) is 12.0. The van der Waals surface area contributed by atoms with E-state index in [1.807, 2.05) is 133 Å². The molecule has 0 saturated carbocycles. The van der Waals surface area contributed by atoms with Gasteiger partial charge in [-0.3, -0.25) is 40.3 Å². The van der Waals surface area contributed by atoms with E-state index in [9.17, 15) is 14.7 Å². The summed E-state index contributed by atoms with van der Waals surface area (Å²) in [4.78, 5) is 70.9. The van der Waals surface area contributed by atoms with E-state index in [-0.39, 0.29) is 103 Å². The van der Waals surface area contributed by atoms with Crippen LogP contribution in [0, 0.1) is 60.6 Å². The van der Waals surface area contributed by atoms with Crippen LogP contribution in [-0.4, -0.2) is 119 Å². The number of pyridine rings is 4. The molecule has 17 aromatic rings. The van der Waals surface area contributed by atoms with Crippen LogP contribution in [0.2, 0.25) is 5.15 Å². The van der Waals surface area contributed by atoms with Gasteiger partial charge in [0.05, 0.1) is 105 Å². The molecule has 0 aliphatic heterocycles. The molecule has 0 radical (unpaired) electrons. The summed E-state index contributed by atoms with van der Waals surface area (Å²) in [5, 5.41) is 84.0. The Bertz CT molecular complexity index is 7280. The molecule has 10 aromatic carbocycles. The van der Waals surface area contributed by atoms with Gasteiger partial charge in [-0.1, -0.05) is 182 Å². The van der Waals surface area contributed by atoms with Crippen molar-refractivity contribution in [2.24, 2.45) is 33.2 Å². The van der Waals surface area contributed by atoms with Gasteiger partial charge in [0.2, 0.25) is 17.1 Å². The first-order valence-corrected chi connectivity index (χ1v) is 39.7. The van der Waals surface area contributed by atoms with Crippen molar-refractivity contribution in [1.82, 2.24) is 49.8 Å². The number of carbonyl (C=O) groups is 2. The number of oxime groups is 2. The third kappa shape index (κ3) is 30.9. The molecule has 0 saturated heterocycles. The molecular weight excluding hydrogens is 1840 g/mol. The predicted molar refractivity (Wildman–Crippen MR) is 519 cm³/mol. The van der Waals surface area contributed by atoms with E-state index < -0.39 is 12.7 Å². The molecule has 32 nitrogen and oxygen atoms in total. The van der Waals surface area contributed by atoms with Crippen molar-refractivity contribution < 1.29 is 107 Å². The van der Waals surface area contributed by atoms with Gasteiger partial charge in [0.1, 0.15) is 46.9 Å². The largest absolute Gasteiger partial charge is 1.00 e. The van der Waals surface area contributed by atoms with Gasteiger partial charge in [0.25, 0.3) is 0 Å². The fourth-order valence-electron chi connectivity index (χ4n) is 11.9. The molecule has 7 aromatic heterocycles. The number of rotatable bonds is 14. The molecule has 0 unspecified atom stereocenters. The molecule has 0 bridgehead atoms. The maximum absolute atomic E-state index is 10.6. The number of carbonyl (C=O) groups excluding carboxylic acids is 2. The molecule has 0 amide bonds. The normalized spacial score (nSPS) is 10.3. The van der Waals surface area contributed by atoms with Gasteiger partial charge >= 0.3 is 58.5 Å². The average molecular weight is 1930 g/mol. The molecule has 17 rings (SSSR count). The number of nitrogens with one attached hydrogen (secondary N) is 5. The summed E-state index contributed by atoms with van der Waals surface area (Å²) < 4.78 is 0. The predicted octanol–water partition coefficient (Wildman–Crippen LogP) is 13.6. The van der Waals surface area contributed by atoms with Crippen LogP contribution in [-0.2, 0) is 20.4 Å². The van der Waals surface area contributed by atoms with Crippen molar-refractivity contribution in [1.29, 1.82) is 21.3 Å². The van der Waals surface area contributed by atoms with Crippen molar-refractivity contribution >= 4 is 122 Å². The zero-order chi connectivity index (χ0) is 95.0. The Morgan fingerprint density at radius 3 is 1.24 bits per heavy atom. The number of nitrogens with zero attached hydrogens (tertiary/aromatic N) is 14. The van der Waals surface area contributed by atoms with Crippen LogP contribution in [0.3, 0.4) is 0 Å². The Morgan fingerprint density at radius 1 is 0.452 bits per heavy atom. The third-order valence-electron chi connectivity index (χ3n) is 18.5. The maximum Gasteiger partial charge on any atom is 1.00 e. The topological polar surface area (TPSA) is 565 Å². The second kappa shape index (κ2) is 51.3. The summed E-state index contributed by atoms with van der Waals surface area (Å²) in [5.41, 5.74) is 54.7. The van der Waals surface area contributed by atoms with E-state index >= 15 is 0 Å². The summed E-state index contributed by atoms with van der Waals surface area (Å²) in [6.07, 6.45) is 7.54. The molecule has 0 aliphatic rings. The fraction of sp³-hybridized carbons (Fsp3) is 0.0404. The van der Waals surface area contributed by atoms with Gasteiger partial charge in [-0.2, -0.15) is 10.5 Å². The number of amidine groups is 4. The minimum absolute atomic E-state index is 0. The first kappa shape index (κ1) is 106. The number of anilines is 2. The van der Waals surface area contributed by atoms with E-state index in [0.717, 1.165) is 113 Å². The molecule has 0 aliphatic carbocycles. The molecule has 668 valence electrons. The van der Waals surface area contributed by atoms with E-state index in [1.165, 1.54) is 24.5 Å². The van der Waals surface area contributed by atoms with Crippen LogP contribution in [0.25, 0.3) is 127 Å². The summed E-state index contributed by atoms with van der Waals surface area (Å²) in [5.74, 6) is 2.31. The number of imidazole rings is 3. The van der Waals surface area contributed by atoms with Crippen LogP contribution in [0.1, 0.15) is 74.9 Å². The number of hydrogen-bond donors (Lipinski definition) is 15. The van der Waals surface area contributed by atoms with Crippen LogP contribution in [0.5, 0.6) is 0 Å². The zero-order valence-electron chi connectivity index (χ0n) is 72.9. The van der Waals surface area contributed by atoms with Gasteiger partial charge in [-0.05, 0) is 144 Å². The first-order valence-electron chi connectivity index (χ1n) is 39.3. The smallest absolute Gasteiger partial charge is 0.850 e. The number of nitriles is 2. The third-order valence-corrected chi connectivity index (χ3v) is 18.7. The number of nitrogens with two attached hydrogens (primary N) is 6. The summed E-state index contributed by atoms with van der Waals surface area (Å²) in [6, 6.07) is 83.6. The summed E-state index contributed by atoms with van der Waals surface area (Å²) in [6.45, 7) is 25.3. The van der Waals surface area contributed by atoms with Crippen LogP contribution < -0.4 is 96.4 Å². The number of H-pyrrole nitrogens is 3. The number of nitrogen functional groups attached to an aromatic ring is 4. The number of fused-ring (bicyclic) bond motifs is 3. The standard InChI is InChI=1S/C21H18N6.C20H17N7O2.C20H11N5.C13H8N2O.C7H7BO3.C7H7N3.C6H3ClN2.C4H9O.CH3.K.Pd/c22-19(23)13-6-4-12(5-7-13)14-2-1-3-16(10-14)21-26-17-9-8-15(20(24)25)11-18(17)27-21;21-18(26-28)12-4-7-16-17(9-12)25-20(24-16)13-3-1-2-11(8-13)15-6-5-14(10-23-15)19(22)27-29;1-22-16-6-8-17(23-12-16)14-3-2-4-15(10-14)20-24-18-7-5-13(11-21)9-19(18)25-20;1-14-12-5-6-13(15-8-12)11-4-2-3-10(7-11)9-16;9-5-6-2-1-3-7(4-6)8(10)11;8-4-5-1-2-6(9)7(10)3-5;1-8-5-2-3-6(7)9-4-5;1-4(2,3)5;;;/h1-11H,(H3,22,23)(H3,24,25)(H,26,27);1-10,28-29H,(H2,21,26)(H2,22,27)(H,24,25);2-10,12H,(H,24,25);2-9H;1-5,10-11H;1-3H,9-10H2;2-4H;1-3H3;1H3;;/q;;;;;;;2*-1;+1;. The summed E-state index contributed by atoms with van der Waals surface area (Å²) >= 11 is 5.45. The zero-order valence-corrected chi connectivity index (χ0v) is 78.3. The Balaban J connectivity index is 0.000000220. The van der Waals surface area contributed by atoms with E-state index in [1.54, 1.807) is 154 Å². The van der Waals surface area contributed by atoms with Crippen LogP contribution in [0.15, 0.2) is 302 Å². The van der Waals surface area contributed by atoms with Crippen molar-refractivity contribution in [3.8, 4) is 91.2 Å². The number of aromatic amines is 3. The SMILES string of the molecule is CC(C)(C)[O-].N#Cc1ccc(N)c(N)c1.N/C(=N\O)c1ccc2nc(-c3cccc(-c4ccc(/C(N)=N\O)cn4)c3)[nH]c2c1.N=C(N)c1ccc(-c2cccc(-c3nc4ccc(C(=N)N)cc4[nH]3)c2)cc1.O=Cc1cccc(B(O)O)c1.[C-]#[N+]c1ccc(-c2cccc(-c3nc4ccc(C#N)cc4[nH]3)c2)nc1.[C-]#[N+]c1ccc(-c2cccc(C=O)c2)nc1.[C-]#[N+]c1ccc(Cl)nc1.[CH3-].[K+].[Pd]. The number of aldehydes is 2. The molecular formula is C99H83BClKN25O7Pd-.